The van der Waals surface area contributed by atoms with Gasteiger partial charge in [-0.25, -0.2) is 0 Å². The molecule has 0 aliphatic rings. The van der Waals surface area contributed by atoms with Crippen LogP contribution < -0.4 is 10.6 Å². The van der Waals surface area contributed by atoms with Gasteiger partial charge in [-0.05, 0) is 11.8 Å². The lowest BCUT2D eigenvalue weighted by atomic mass is 10.8. The zero-order chi connectivity index (χ0) is 6.78. The number of hydrogen-bond donors (Lipinski definition) is 3. The Morgan fingerprint density at radius 1 is 2.00 bits per heavy atom. The van der Waals surface area contributed by atoms with Crippen LogP contribution in [-0.4, -0.2) is 10.8 Å². The summed E-state index contributed by atoms with van der Waals surface area (Å²) in [7, 11) is 0. The predicted molar refractivity (Wildman–Crippen MR) is 34.5 cm³/mol. The molecule has 1 unspecified atom stereocenters. The van der Waals surface area contributed by atoms with Crippen LogP contribution in [-0.2, 0) is 16.6 Å². The number of carbonyl (C=O) groups excluding carboxylic acids is 1. The highest BCUT2D eigenvalue weighted by atomic mass is 32.4. The number of nitrogens with two attached hydrogens (primary N) is 1. The van der Waals surface area contributed by atoms with Crippen molar-refractivity contribution in [2.24, 2.45) is 5.50 Å². The summed E-state index contributed by atoms with van der Waals surface area (Å²) >= 11 is 4.27. The molecule has 1 amide bonds. The maximum absolute atomic E-state index is 10.1. The van der Waals surface area contributed by atoms with E-state index in [0.29, 0.717) is 0 Å². The van der Waals surface area contributed by atoms with Crippen LogP contribution in [0.2, 0.25) is 0 Å². The molecule has 48 valence electrons. The molecule has 0 aromatic heterocycles. The van der Waals surface area contributed by atoms with Gasteiger partial charge in [-0.2, -0.15) is 0 Å². The first-order chi connectivity index (χ1) is 3.42. The van der Waals surface area contributed by atoms with E-state index >= 15 is 0 Å². The highest BCUT2D eigenvalue weighted by molar-refractivity contribution is 8.09. The second kappa shape index (κ2) is 2.55. The average Bonchev–Trinajstić information content (AvgIpc) is 1.21. The molecule has 0 fully saturated rings. The molecule has 6 heteroatoms. The minimum absolute atomic E-state index is 0.404. The molecular formula is C2H7N2O2PS. The summed E-state index contributed by atoms with van der Waals surface area (Å²) in [6.07, 6.45) is 0. The van der Waals surface area contributed by atoms with E-state index in [1.165, 1.54) is 6.92 Å². The zero-order valence-corrected chi connectivity index (χ0v) is 6.00. The summed E-state index contributed by atoms with van der Waals surface area (Å²) < 4.78 is 0. The first kappa shape index (κ1) is 8.04. The van der Waals surface area contributed by atoms with Gasteiger partial charge in [-0.15, -0.1) is 0 Å². The summed E-state index contributed by atoms with van der Waals surface area (Å²) in [6.45, 7) is -1.75. The standard InChI is InChI=1S/C2H7N2O2PS/c1-2(5)4-7(3,6)8/h1H3,(H4,3,4,5,6,8). The molecule has 0 spiro atoms. The largest absolute Gasteiger partial charge is 0.339 e. The first-order valence-electron chi connectivity index (χ1n) is 1.82. The normalized spacial score (nSPS) is 16.9. The maximum atomic E-state index is 10.1. The van der Waals surface area contributed by atoms with Crippen LogP contribution in [0.1, 0.15) is 6.92 Å². The molecule has 4 nitrogen and oxygen atoms in total. The Labute approximate surface area is 52.3 Å². The molecular weight excluding hydrogens is 147 g/mol. The van der Waals surface area contributed by atoms with E-state index in [1.807, 2.05) is 5.09 Å². The third kappa shape index (κ3) is 6.04. The van der Waals surface area contributed by atoms with Gasteiger partial charge in [-0.3, -0.25) is 15.4 Å². The topological polar surface area (TPSA) is 75.4 Å². The molecule has 1 atom stereocenters. The molecule has 0 saturated heterocycles. The van der Waals surface area contributed by atoms with Crippen molar-refractivity contribution in [3.63, 3.8) is 0 Å². The van der Waals surface area contributed by atoms with E-state index in [0.717, 1.165) is 0 Å². The Kier molecular flexibility index (Phi) is 2.56. The molecule has 0 bridgehead atoms. The maximum Gasteiger partial charge on any atom is 0.223 e. The third-order valence-corrected chi connectivity index (χ3v) is 1.23. The van der Waals surface area contributed by atoms with Crippen molar-refractivity contribution < 1.29 is 9.69 Å². The van der Waals surface area contributed by atoms with Gasteiger partial charge >= 0.3 is 0 Å². The number of nitrogens with one attached hydrogen (secondary N) is 1. The van der Waals surface area contributed by atoms with Gasteiger partial charge in [0.2, 0.25) is 12.5 Å². The van der Waals surface area contributed by atoms with Crippen LogP contribution in [0.5, 0.6) is 0 Å². The molecule has 8 heavy (non-hydrogen) atoms. The van der Waals surface area contributed by atoms with Crippen LogP contribution in [0.25, 0.3) is 0 Å². The quantitative estimate of drug-likeness (QED) is 0.436. The van der Waals surface area contributed by atoms with E-state index in [-0.39, 0.29) is 0 Å². The molecule has 0 saturated carbocycles. The molecule has 0 rings (SSSR count). The van der Waals surface area contributed by atoms with Crippen molar-refractivity contribution >= 4 is 24.3 Å². The molecule has 0 aliphatic heterocycles. The van der Waals surface area contributed by atoms with Crippen LogP contribution in [0.4, 0.5) is 0 Å². The summed E-state index contributed by atoms with van der Waals surface area (Å²) in [6, 6.07) is 0. The summed E-state index contributed by atoms with van der Waals surface area (Å²) in [5.41, 5.74) is 4.89. The van der Waals surface area contributed by atoms with E-state index in [9.17, 15) is 4.79 Å². The number of amides is 1. The lowest BCUT2D eigenvalue weighted by Crippen LogP contribution is -2.20. The van der Waals surface area contributed by atoms with Gasteiger partial charge in [0, 0.05) is 6.92 Å². The number of hydrogen-bond acceptors (Lipinski definition) is 2. The van der Waals surface area contributed by atoms with E-state index in [1.54, 1.807) is 0 Å². The second-order valence-electron chi connectivity index (χ2n) is 1.29. The SMILES string of the molecule is CC(=O)NP(N)(O)=S. The molecule has 0 radical (unpaired) electrons. The Bertz CT molecular complexity index is 141. The molecule has 0 aromatic carbocycles. The Hall–Kier alpha value is 0.0400. The van der Waals surface area contributed by atoms with Crippen LogP contribution >= 0.6 is 6.57 Å². The van der Waals surface area contributed by atoms with Crippen molar-refractivity contribution in [3.8, 4) is 0 Å². The van der Waals surface area contributed by atoms with Crippen LogP contribution in [0.15, 0.2) is 0 Å². The Morgan fingerprint density at radius 2 is 2.38 bits per heavy atom. The second-order valence-corrected chi connectivity index (χ2v) is 4.43. The zero-order valence-electron chi connectivity index (χ0n) is 4.29. The lowest BCUT2D eigenvalue weighted by Gasteiger charge is -2.06. The van der Waals surface area contributed by atoms with Gasteiger partial charge < -0.3 is 4.89 Å². The Balaban J connectivity index is 3.74. The van der Waals surface area contributed by atoms with Gasteiger partial charge in [-0.1, -0.05) is 0 Å². The van der Waals surface area contributed by atoms with E-state index < -0.39 is 12.5 Å². The molecule has 4 N–H and O–H groups in total. The average molecular weight is 154 g/mol. The van der Waals surface area contributed by atoms with Gasteiger partial charge in [0.1, 0.15) is 0 Å². The minimum atomic E-state index is -2.99. The summed E-state index contributed by atoms with van der Waals surface area (Å²) in [4.78, 5) is 18.6. The minimum Gasteiger partial charge on any atom is -0.339 e. The Morgan fingerprint density at radius 3 is 2.38 bits per heavy atom. The van der Waals surface area contributed by atoms with Crippen LogP contribution in [0, 0.1) is 0 Å². The van der Waals surface area contributed by atoms with Crippen molar-refractivity contribution in [1.29, 1.82) is 0 Å². The van der Waals surface area contributed by atoms with Crippen molar-refractivity contribution in [2.75, 3.05) is 0 Å². The molecule has 0 aromatic rings. The lowest BCUT2D eigenvalue weighted by molar-refractivity contribution is -0.117. The highest BCUT2D eigenvalue weighted by Crippen LogP contribution is 2.22. The summed E-state index contributed by atoms with van der Waals surface area (Å²) in [5, 5.41) is 2.00. The monoisotopic (exact) mass is 154 g/mol. The molecule has 0 heterocycles. The van der Waals surface area contributed by atoms with Crippen molar-refractivity contribution in [1.82, 2.24) is 5.09 Å². The highest BCUT2D eigenvalue weighted by Gasteiger charge is 2.03. The van der Waals surface area contributed by atoms with Gasteiger partial charge in [0.05, 0.1) is 0 Å². The third-order valence-electron chi connectivity index (χ3n) is 0.318. The summed E-state index contributed by atoms with van der Waals surface area (Å²) in [5.74, 6) is -0.404. The van der Waals surface area contributed by atoms with Gasteiger partial charge in [0.15, 0.2) is 0 Å². The predicted octanol–water partition coefficient (Wildman–Crippen LogP) is -0.702. The van der Waals surface area contributed by atoms with Crippen LogP contribution in [0.3, 0.4) is 0 Å². The van der Waals surface area contributed by atoms with Crippen molar-refractivity contribution in [3.05, 3.63) is 0 Å². The fraction of sp³-hybridized carbons (Fsp3) is 0.500. The van der Waals surface area contributed by atoms with E-state index in [4.69, 9.17) is 10.4 Å². The van der Waals surface area contributed by atoms with E-state index in [2.05, 4.69) is 11.8 Å². The fourth-order valence-corrected chi connectivity index (χ4v) is 1.06. The number of carbonyl (C=O) groups is 1. The first-order valence-corrected chi connectivity index (χ1v) is 4.64. The van der Waals surface area contributed by atoms with Gasteiger partial charge in [0.25, 0.3) is 0 Å². The molecule has 0 aliphatic carbocycles. The van der Waals surface area contributed by atoms with Crippen molar-refractivity contribution in [2.45, 2.75) is 6.92 Å². The fourth-order valence-electron chi connectivity index (χ4n) is 0.226. The smallest absolute Gasteiger partial charge is 0.223 e. The number of rotatable bonds is 1.